The third-order valence-electron chi connectivity index (χ3n) is 4.74. The van der Waals surface area contributed by atoms with Crippen LogP contribution >= 0.6 is 11.8 Å². The molecule has 3 aromatic carbocycles. The van der Waals surface area contributed by atoms with E-state index in [1.54, 1.807) is 22.7 Å². The van der Waals surface area contributed by atoms with E-state index >= 15 is 0 Å². The van der Waals surface area contributed by atoms with Crippen molar-refractivity contribution in [2.45, 2.75) is 24.8 Å². The van der Waals surface area contributed by atoms with Crippen LogP contribution < -0.4 is 9.47 Å². The van der Waals surface area contributed by atoms with E-state index in [0.717, 1.165) is 27.8 Å². The van der Waals surface area contributed by atoms with E-state index in [-0.39, 0.29) is 0 Å². The first-order chi connectivity index (χ1) is 16.3. The van der Waals surface area contributed by atoms with Crippen molar-refractivity contribution in [2.75, 3.05) is 13.2 Å². The van der Waals surface area contributed by atoms with Crippen molar-refractivity contribution in [3.8, 4) is 22.9 Å². The summed E-state index contributed by atoms with van der Waals surface area (Å²) in [4.78, 5) is 0. The Labute approximate surface area is 198 Å². The van der Waals surface area contributed by atoms with Crippen LogP contribution in [0.3, 0.4) is 0 Å². The van der Waals surface area contributed by atoms with Gasteiger partial charge >= 0.3 is 0 Å². The number of hydrogen-bond acceptors (Lipinski definition) is 6. The summed E-state index contributed by atoms with van der Waals surface area (Å²) in [5, 5.41) is 14.3. The normalized spacial score (nSPS) is 11.1. The molecule has 1 heterocycles. The second-order valence-electron chi connectivity index (χ2n) is 7.08. The molecule has 0 unspecified atom stereocenters. The van der Waals surface area contributed by atoms with E-state index in [1.807, 2.05) is 80.6 Å². The standard InChI is InChI=1S/C26H26N4O2S/c1-3-31-23-16-15-21(17-24(23)32-4-2)18-27-30-25(22-13-9-6-10-14-22)28-29-26(30)33-19-20-11-7-5-8-12-20/h5-18H,3-4,19H2,1-2H3. The number of rotatable bonds is 10. The maximum Gasteiger partial charge on any atom is 0.212 e. The summed E-state index contributed by atoms with van der Waals surface area (Å²) in [6, 6.07) is 26.0. The first-order valence-electron chi connectivity index (χ1n) is 10.9. The predicted molar refractivity (Wildman–Crippen MR) is 133 cm³/mol. The van der Waals surface area contributed by atoms with Gasteiger partial charge in [0.25, 0.3) is 0 Å². The van der Waals surface area contributed by atoms with Gasteiger partial charge in [0.15, 0.2) is 17.3 Å². The Morgan fingerprint density at radius 1 is 0.848 bits per heavy atom. The molecule has 0 radical (unpaired) electrons. The molecular formula is C26H26N4O2S. The molecule has 0 aliphatic carbocycles. The summed E-state index contributed by atoms with van der Waals surface area (Å²) >= 11 is 1.60. The molecular weight excluding hydrogens is 432 g/mol. The summed E-state index contributed by atoms with van der Waals surface area (Å²) < 4.78 is 13.2. The minimum absolute atomic E-state index is 0.560. The highest BCUT2D eigenvalue weighted by Gasteiger charge is 2.14. The topological polar surface area (TPSA) is 61.5 Å². The fourth-order valence-electron chi connectivity index (χ4n) is 3.22. The zero-order valence-electron chi connectivity index (χ0n) is 18.7. The summed E-state index contributed by atoms with van der Waals surface area (Å²) in [5.41, 5.74) is 3.07. The monoisotopic (exact) mass is 458 g/mol. The molecule has 7 heteroatoms. The molecule has 0 N–H and O–H groups in total. The van der Waals surface area contributed by atoms with Crippen molar-refractivity contribution in [3.05, 3.63) is 90.0 Å². The highest BCUT2D eigenvalue weighted by Crippen LogP contribution is 2.29. The van der Waals surface area contributed by atoms with Crippen LogP contribution in [0.25, 0.3) is 11.4 Å². The van der Waals surface area contributed by atoms with Crippen molar-refractivity contribution in [1.29, 1.82) is 0 Å². The maximum absolute atomic E-state index is 5.75. The van der Waals surface area contributed by atoms with Crippen molar-refractivity contribution < 1.29 is 9.47 Å². The average Bonchev–Trinajstić information content (AvgIpc) is 3.27. The van der Waals surface area contributed by atoms with Gasteiger partial charge in [-0.15, -0.1) is 10.2 Å². The van der Waals surface area contributed by atoms with Gasteiger partial charge in [-0.25, -0.2) is 0 Å². The first-order valence-corrected chi connectivity index (χ1v) is 11.9. The van der Waals surface area contributed by atoms with Crippen LogP contribution in [0.15, 0.2) is 89.1 Å². The van der Waals surface area contributed by atoms with E-state index in [4.69, 9.17) is 14.6 Å². The number of ether oxygens (including phenoxy) is 2. The molecule has 0 saturated heterocycles. The zero-order chi connectivity index (χ0) is 22.9. The lowest BCUT2D eigenvalue weighted by molar-refractivity contribution is 0.288. The van der Waals surface area contributed by atoms with E-state index in [0.29, 0.717) is 24.8 Å². The Balaban J connectivity index is 1.65. The van der Waals surface area contributed by atoms with Crippen molar-refractivity contribution in [2.24, 2.45) is 5.10 Å². The Bertz CT molecular complexity index is 1190. The molecule has 0 bridgehead atoms. The van der Waals surface area contributed by atoms with Crippen molar-refractivity contribution in [1.82, 2.24) is 14.9 Å². The van der Waals surface area contributed by atoms with Gasteiger partial charge in [-0.3, -0.25) is 0 Å². The van der Waals surface area contributed by atoms with Gasteiger partial charge in [-0.05, 0) is 43.2 Å². The molecule has 1 aromatic heterocycles. The largest absolute Gasteiger partial charge is 0.490 e. The molecule has 0 saturated carbocycles. The number of hydrogen-bond donors (Lipinski definition) is 0. The molecule has 0 aliphatic rings. The first kappa shape index (κ1) is 22.6. The second kappa shape index (κ2) is 11.3. The molecule has 6 nitrogen and oxygen atoms in total. The SMILES string of the molecule is CCOc1ccc(C=Nn2c(SCc3ccccc3)nnc2-c2ccccc2)cc1OCC. The van der Waals surface area contributed by atoms with Crippen LogP contribution in [-0.4, -0.2) is 34.3 Å². The van der Waals surface area contributed by atoms with Crippen molar-refractivity contribution >= 4 is 18.0 Å². The third-order valence-corrected chi connectivity index (χ3v) is 5.74. The minimum atomic E-state index is 0.560. The fourth-order valence-corrected chi connectivity index (χ4v) is 4.06. The van der Waals surface area contributed by atoms with Gasteiger partial charge in [0.1, 0.15) is 0 Å². The molecule has 168 valence electrons. The summed E-state index contributed by atoms with van der Waals surface area (Å²) in [5.74, 6) is 2.90. The lowest BCUT2D eigenvalue weighted by atomic mass is 10.2. The van der Waals surface area contributed by atoms with Crippen LogP contribution in [0.1, 0.15) is 25.0 Å². The number of aromatic nitrogens is 3. The summed E-state index contributed by atoms with van der Waals surface area (Å²) in [7, 11) is 0. The quantitative estimate of drug-likeness (QED) is 0.218. The molecule has 0 aliphatic heterocycles. The van der Waals surface area contributed by atoms with Crippen LogP contribution in [0.4, 0.5) is 0 Å². The molecule has 0 atom stereocenters. The smallest absolute Gasteiger partial charge is 0.212 e. The number of thioether (sulfide) groups is 1. The highest BCUT2D eigenvalue weighted by atomic mass is 32.2. The lowest BCUT2D eigenvalue weighted by Crippen LogP contribution is -2.00. The number of nitrogens with zero attached hydrogens (tertiary/aromatic N) is 4. The average molecular weight is 459 g/mol. The molecule has 33 heavy (non-hydrogen) atoms. The maximum atomic E-state index is 5.75. The van der Waals surface area contributed by atoms with E-state index in [1.165, 1.54) is 5.56 Å². The highest BCUT2D eigenvalue weighted by molar-refractivity contribution is 7.98. The van der Waals surface area contributed by atoms with Gasteiger partial charge < -0.3 is 9.47 Å². The van der Waals surface area contributed by atoms with E-state index in [2.05, 4.69) is 22.3 Å². The van der Waals surface area contributed by atoms with Gasteiger partial charge in [-0.1, -0.05) is 72.4 Å². The van der Waals surface area contributed by atoms with Gasteiger partial charge in [-0.2, -0.15) is 9.78 Å². The lowest BCUT2D eigenvalue weighted by Gasteiger charge is -2.11. The van der Waals surface area contributed by atoms with Gasteiger partial charge in [0.05, 0.1) is 19.4 Å². The zero-order valence-corrected chi connectivity index (χ0v) is 19.5. The summed E-state index contributed by atoms with van der Waals surface area (Å²) in [6.07, 6.45) is 1.79. The molecule has 0 fully saturated rings. The van der Waals surface area contributed by atoms with Crippen LogP contribution in [-0.2, 0) is 5.75 Å². The molecule has 0 amide bonds. The summed E-state index contributed by atoms with van der Waals surface area (Å²) in [6.45, 7) is 5.05. The second-order valence-corrected chi connectivity index (χ2v) is 8.02. The van der Waals surface area contributed by atoms with Gasteiger partial charge in [0, 0.05) is 11.3 Å². The Morgan fingerprint density at radius 3 is 2.27 bits per heavy atom. The van der Waals surface area contributed by atoms with Crippen LogP contribution in [0.2, 0.25) is 0 Å². The third kappa shape index (κ3) is 5.81. The molecule has 4 rings (SSSR count). The fraction of sp³-hybridized carbons (Fsp3) is 0.192. The Morgan fingerprint density at radius 2 is 1.55 bits per heavy atom. The molecule has 4 aromatic rings. The van der Waals surface area contributed by atoms with Crippen LogP contribution in [0, 0.1) is 0 Å². The predicted octanol–water partition coefficient (Wildman–Crippen LogP) is 5.92. The van der Waals surface area contributed by atoms with Gasteiger partial charge in [0.2, 0.25) is 5.16 Å². The van der Waals surface area contributed by atoms with Crippen LogP contribution in [0.5, 0.6) is 11.5 Å². The van der Waals surface area contributed by atoms with E-state index in [9.17, 15) is 0 Å². The Hall–Kier alpha value is -3.58. The minimum Gasteiger partial charge on any atom is -0.490 e. The molecule has 0 spiro atoms. The van der Waals surface area contributed by atoms with E-state index < -0.39 is 0 Å². The Kier molecular flexibility index (Phi) is 7.76. The number of benzene rings is 3. The van der Waals surface area contributed by atoms with Crippen molar-refractivity contribution in [3.63, 3.8) is 0 Å².